The van der Waals surface area contributed by atoms with Crippen LogP contribution in [-0.4, -0.2) is 28.2 Å². The number of benzene rings is 6. The molecule has 0 radical (unpaired) electrons. The number of quaternary nitrogens is 1. The fourth-order valence-electron chi connectivity index (χ4n) is 6.10. The highest BCUT2D eigenvalue weighted by Crippen LogP contribution is 2.53. The highest BCUT2D eigenvalue weighted by molar-refractivity contribution is 6.01. The third-order valence-electron chi connectivity index (χ3n) is 8.82. The molecule has 0 N–H and O–H groups in total. The number of para-hydroxylation sites is 1. The second-order valence-electron chi connectivity index (χ2n) is 12.9. The molecule has 0 saturated carbocycles. The Morgan fingerprint density at radius 2 is 0.741 bits per heavy atom. The van der Waals surface area contributed by atoms with Crippen molar-refractivity contribution >= 4 is 17.1 Å². The third kappa shape index (κ3) is 7.43. The van der Waals surface area contributed by atoms with Gasteiger partial charge >= 0.3 is 0 Å². The first-order valence-electron chi connectivity index (χ1n) is 16.1. The maximum atomic E-state index is 15.6. The lowest BCUT2D eigenvalue weighted by molar-refractivity contribution is 0.406. The standard InChI is InChI=1S/C32H12F16N.C8H11N/c1-49(2,32-17(40)8-16(39)27(44)31(32)48)18-4-3-9(19-10(33)5-13(36)24(41)28(19)45)20(21-11(34)6-14(37)25(42)29(21)46)23(18)22-12(35)7-15(38)26(43)30(22)47;1-9(2)8-6-4-3-5-7-8/h3-8H,1-2H3;3-7H,1-2H3/q+1;. The summed E-state index contributed by atoms with van der Waals surface area (Å²) in [4.78, 5) is 2.08. The zero-order valence-electron chi connectivity index (χ0n) is 29.8. The van der Waals surface area contributed by atoms with E-state index in [4.69, 9.17) is 0 Å². The molecule has 18 heteroatoms. The van der Waals surface area contributed by atoms with Gasteiger partial charge in [-0.05, 0) is 23.8 Å². The fourth-order valence-corrected chi connectivity index (χ4v) is 6.10. The van der Waals surface area contributed by atoms with E-state index in [0.29, 0.717) is 26.2 Å². The summed E-state index contributed by atoms with van der Waals surface area (Å²) in [5.41, 5.74) is -12.1. The van der Waals surface area contributed by atoms with Crippen LogP contribution in [0.4, 0.5) is 87.3 Å². The molecule has 0 unspecified atom stereocenters. The van der Waals surface area contributed by atoms with Crippen LogP contribution in [0.25, 0.3) is 33.4 Å². The van der Waals surface area contributed by atoms with E-state index in [0.717, 1.165) is 0 Å². The van der Waals surface area contributed by atoms with Gasteiger partial charge in [0.2, 0.25) is 17.3 Å². The highest BCUT2D eigenvalue weighted by atomic mass is 19.2. The largest absolute Gasteiger partial charge is 0.378 e. The molecule has 0 spiro atoms. The van der Waals surface area contributed by atoms with Gasteiger partial charge < -0.3 is 4.90 Å². The van der Waals surface area contributed by atoms with E-state index in [9.17, 15) is 35.1 Å². The molecule has 0 aliphatic rings. The zero-order chi connectivity index (χ0) is 43.3. The molecule has 6 aromatic rings. The van der Waals surface area contributed by atoms with Crippen molar-refractivity contribution in [2.75, 3.05) is 33.1 Å². The summed E-state index contributed by atoms with van der Waals surface area (Å²) in [5, 5.41) is 0. The maximum absolute atomic E-state index is 15.6. The summed E-state index contributed by atoms with van der Waals surface area (Å²) < 4.78 is 235. The third-order valence-corrected chi connectivity index (χ3v) is 8.82. The lowest BCUT2D eigenvalue weighted by atomic mass is 9.84. The van der Waals surface area contributed by atoms with E-state index in [-0.39, 0.29) is 18.2 Å². The van der Waals surface area contributed by atoms with Gasteiger partial charge in [0.25, 0.3) is 0 Å². The molecule has 0 bridgehead atoms. The van der Waals surface area contributed by atoms with E-state index < -0.39 is 148 Å². The van der Waals surface area contributed by atoms with Crippen LogP contribution in [-0.2, 0) is 0 Å². The fraction of sp³-hybridized carbons (Fsp3) is 0.100. The Bertz CT molecular complexity index is 2590. The van der Waals surface area contributed by atoms with E-state index in [1.165, 1.54) is 5.69 Å². The minimum Gasteiger partial charge on any atom is -0.378 e. The van der Waals surface area contributed by atoms with Crippen molar-refractivity contribution in [1.82, 2.24) is 4.48 Å². The van der Waals surface area contributed by atoms with Gasteiger partial charge in [-0.1, -0.05) is 18.2 Å². The van der Waals surface area contributed by atoms with Crippen molar-refractivity contribution in [1.29, 1.82) is 0 Å². The van der Waals surface area contributed by atoms with Crippen molar-refractivity contribution in [2.45, 2.75) is 0 Å². The lowest BCUT2D eigenvalue weighted by Crippen LogP contribution is -2.37. The molecule has 304 valence electrons. The van der Waals surface area contributed by atoms with Crippen LogP contribution in [0.3, 0.4) is 0 Å². The summed E-state index contributed by atoms with van der Waals surface area (Å²) in [6.45, 7) is 0. The van der Waals surface area contributed by atoms with Gasteiger partial charge in [0, 0.05) is 55.7 Å². The molecule has 0 aliphatic heterocycles. The van der Waals surface area contributed by atoms with Crippen molar-refractivity contribution in [3.8, 4) is 33.4 Å². The lowest BCUT2D eigenvalue weighted by Gasteiger charge is -2.33. The highest BCUT2D eigenvalue weighted by Gasteiger charge is 2.41. The molecule has 0 amide bonds. The Kier molecular flexibility index (Phi) is 11.9. The van der Waals surface area contributed by atoms with E-state index in [1.807, 2.05) is 32.3 Å². The average Bonchev–Trinajstić information content (AvgIpc) is 3.15. The quantitative estimate of drug-likeness (QED) is 0.0699. The second-order valence-corrected chi connectivity index (χ2v) is 12.9. The molecule has 0 aliphatic carbocycles. The minimum absolute atomic E-state index is 0.206. The Morgan fingerprint density at radius 3 is 1.17 bits per heavy atom. The summed E-state index contributed by atoms with van der Waals surface area (Å²) in [7, 11) is 5.37. The van der Waals surface area contributed by atoms with Gasteiger partial charge in [0.05, 0.1) is 36.3 Å². The van der Waals surface area contributed by atoms with E-state index >= 15 is 35.1 Å². The molecule has 6 rings (SSSR count). The molecular weight excluding hydrogens is 812 g/mol. The minimum atomic E-state index is -2.63. The first kappa shape index (κ1) is 43.1. The van der Waals surface area contributed by atoms with Crippen LogP contribution in [0.15, 0.2) is 66.7 Å². The predicted octanol–water partition coefficient (Wildman–Crippen LogP) is 12.6. The predicted molar refractivity (Wildman–Crippen MR) is 183 cm³/mol. The Labute approximate surface area is 318 Å². The Morgan fingerprint density at radius 1 is 0.362 bits per heavy atom. The Hall–Kier alpha value is -6.04. The molecule has 0 atom stereocenters. The van der Waals surface area contributed by atoms with Crippen molar-refractivity contribution in [3.05, 3.63) is 160 Å². The van der Waals surface area contributed by atoms with Gasteiger partial charge in [-0.2, -0.15) is 4.39 Å². The monoisotopic (exact) mass is 835 g/mol. The molecule has 0 heterocycles. The normalized spacial score (nSPS) is 11.4. The summed E-state index contributed by atoms with van der Waals surface area (Å²) in [6.07, 6.45) is 0. The van der Waals surface area contributed by atoms with Gasteiger partial charge in [-0.15, -0.1) is 0 Å². The van der Waals surface area contributed by atoms with Gasteiger partial charge in [0.1, 0.15) is 23.1 Å². The van der Waals surface area contributed by atoms with Crippen molar-refractivity contribution < 1.29 is 70.2 Å². The number of rotatable bonds is 6. The number of halogens is 16. The van der Waals surface area contributed by atoms with E-state index in [2.05, 4.69) is 17.0 Å². The van der Waals surface area contributed by atoms with Crippen molar-refractivity contribution in [3.63, 3.8) is 0 Å². The molecule has 0 fully saturated rings. The second kappa shape index (κ2) is 16.1. The van der Waals surface area contributed by atoms with Gasteiger partial charge in [-0.25, -0.2) is 65.9 Å². The average molecular weight is 836 g/mol. The van der Waals surface area contributed by atoms with Crippen LogP contribution in [0.5, 0.6) is 0 Å². The molecule has 2 nitrogen and oxygen atoms in total. The number of anilines is 1. The first-order valence-corrected chi connectivity index (χ1v) is 16.1. The van der Waals surface area contributed by atoms with Crippen molar-refractivity contribution in [2.24, 2.45) is 0 Å². The summed E-state index contributed by atoms with van der Waals surface area (Å²) >= 11 is 0. The topological polar surface area (TPSA) is 3.24 Å². The summed E-state index contributed by atoms with van der Waals surface area (Å²) in [6, 6.07) is 9.71. The molecule has 58 heavy (non-hydrogen) atoms. The molecular formula is C40H23F16N2+. The Balaban J connectivity index is 0.000000627. The molecule has 0 saturated heterocycles. The number of nitrogens with zero attached hydrogens (tertiary/aromatic N) is 2. The van der Waals surface area contributed by atoms with Crippen LogP contribution in [0.2, 0.25) is 0 Å². The number of hydrogen-bond donors (Lipinski definition) is 0. The van der Waals surface area contributed by atoms with Crippen LogP contribution < -0.4 is 9.38 Å². The van der Waals surface area contributed by atoms with Crippen LogP contribution in [0, 0.1) is 93.1 Å². The van der Waals surface area contributed by atoms with Gasteiger partial charge in [-0.3, -0.25) is 4.48 Å². The van der Waals surface area contributed by atoms with Gasteiger partial charge in [0.15, 0.2) is 64.0 Å². The molecule has 0 aromatic heterocycles. The maximum Gasteiger partial charge on any atom is 0.225 e. The number of hydrogen-bond acceptors (Lipinski definition) is 1. The van der Waals surface area contributed by atoms with Crippen LogP contribution in [0.1, 0.15) is 0 Å². The summed E-state index contributed by atoms with van der Waals surface area (Å²) in [5.74, 6) is -37.2. The van der Waals surface area contributed by atoms with E-state index in [1.54, 1.807) is 0 Å². The smallest absolute Gasteiger partial charge is 0.225 e. The first-order chi connectivity index (χ1) is 27.0. The SMILES string of the molecule is CN(C)c1ccccc1.C[N+](C)(c1ccc(-c2c(F)cc(F)c(F)c2F)c(-c2c(F)cc(F)c(F)c2F)c1-c1c(F)cc(F)c(F)c1F)c1c(F)cc(F)c(F)c1F. The molecule has 6 aromatic carbocycles. The van der Waals surface area contributed by atoms with Crippen LogP contribution >= 0.6 is 0 Å². The zero-order valence-corrected chi connectivity index (χ0v) is 29.8.